The summed E-state index contributed by atoms with van der Waals surface area (Å²) in [6.07, 6.45) is 0.460. The van der Waals surface area contributed by atoms with Gasteiger partial charge in [0.25, 0.3) is 5.03 Å². The number of nitrogens with zero attached hydrogens (tertiary/aromatic N) is 2. The van der Waals surface area contributed by atoms with E-state index in [2.05, 4.69) is 10.6 Å². The lowest BCUT2D eigenvalue weighted by Gasteiger charge is -2.16. The predicted molar refractivity (Wildman–Crippen MR) is 111 cm³/mol. The van der Waals surface area contributed by atoms with Gasteiger partial charge in [0, 0.05) is 18.2 Å². The van der Waals surface area contributed by atoms with Crippen molar-refractivity contribution in [1.29, 1.82) is 0 Å². The lowest BCUT2D eigenvalue weighted by atomic mass is 10.2. The Hall–Kier alpha value is -2.91. The third kappa shape index (κ3) is 4.63. The lowest BCUT2D eigenvalue weighted by Crippen LogP contribution is -2.36. The van der Waals surface area contributed by atoms with Crippen LogP contribution in [0, 0.1) is 0 Å². The molecule has 0 aliphatic carbocycles. The number of para-hydroxylation sites is 1. The number of carbonyl (C=O) groups excluding carboxylic acids is 1. The van der Waals surface area contributed by atoms with Crippen LogP contribution in [0.3, 0.4) is 0 Å². The molecule has 0 aliphatic heterocycles. The second-order valence-corrected chi connectivity index (χ2v) is 7.70. The lowest BCUT2D eigenvalue weighted by molar-refractivity contribution is -0.705. The van der Waals surface area contributed by atoms with Gasteiger partial charge in [0.15, 0.2) is 5.95 Å². The van der Waals surface area contributed by atoms with Crippen molar-refractivity contribution in [3.63, 3.8) is 0 Å². The van der Waals surface area contributed by atoms with Crippen LogP contribution in [0.2, 0.25) is 5.02 Å². The highest BCUT2D eigenvalue weighted by atomic mass is 35.5. The van der Waals surface area contributed by atoms with Crippen molar-refractivity contribution in [3.05, 3.63) is 47.5 Å². The number of halogens is 1. The first-order chi connectivity index (χ1) is 14.5. The molecule has 1 amide bonds. The summed E-state index contributed by atoms with van der Waals surface area (Å²) in [4.78, 5) is 12.9. The van der Waals surface area contributed by atoms with Gasteiger partial charge in [0.05, 0.1) is 35.5 Å². The third-order valence-corrected chi connectivity index (χ3v) is 5.91. The molecule has 1 N–H and O–H groups in total. The molecule has 158 valence electrons. The Bertz CT molecular complexity index is 1030. The van der Waals surface area contributed by atoms with E-state index in [0.717, 1.165) is 11.8 Å². The summed E-state index contributed by atoms with van der Waals surface area (Å²) in [5.74, 6) is -0.0991. The maximum Gasteiger partial charge on any atom is 0.298 e. The molecule has 3 rings (SSSR count). The van der Waals surface area contributed by atoms with Crippen LogP contribution in [0.4, 0.5) is 5.69 Å². The van der Waals surface area contributed by atoms with Gasteiger partial charge in [-0.2, -0.15) is 0 Å². The number of ether oxygens (including phenoxy) is 2. The number of hydrogen-bond acceptors (Lipinski definition) is 7. The maximum absolute atomic E-state index is 12.9. The number of nitrogens with one attached hydrogen (secondary N) is 1. The van der Waals surface area contributed by atoms with Crippen LogP contribution in [-0.2, 0) is 4.79 Å². The Labute approximate surface area is 182 Å². The molecule has 0 aliphatic rings. The largest absolute Gasteiger partial charge is 0.538 e. The molecule has 1 unspecified atom stereocenters. The molecule has 0 saturated heterocycles. The van der Waals surface area contributed by atoms with E-state index in [1.165, 1.54) is 18.9 Å². The van der Waals surface area contributed by atoms with Crippen molar-refractivity contribution in [2.45, 2.75) is 23.6 Å². The first-order valence-corrected chi connectivity index (χ1v) is 10.3. The monoisotopic (exact) mass is 449 g/mol. The van der Waals surface area contributed by atoms with Gasteiger partial charge >= 0.3 is 0 Å². The van der Waals surface area contributed by atoms with Crippen LogP contribution in [0.1, 0.15) is 13.3 Å². The molecule has 0 saturated carbocycles. The summed E-state index contributed by atoms with van der Waals surface area (Å²) in [5, 5.41) is 18.8. The minimum absolute atomic E-state index is 0.211. The fourth-order valence-electron chi connectivity index (χ4n) is 2.70. The Morgan fingerprint density at radius 3 is 2.60 bits per heavy atom. The zero-order valence-corrected chi connectivity index (χ0v) is 18.1. The minimum atomic E-state index is -0.611. The average Bonchev–Trinajstić information content (AvgIpc) is 3.12. The fourth-order valence-corrected chi connectivity index (χ4v) is 3.92. The quantitative estimate of drug-likeness (QED) is 0.416. The molecule has 1 aromatic heterocycles. The predicted octanol–water partition coefficient (Wildman–Crippen LogP) is 3.20. The molecule has 3 aromatic rings. The zero-order chi connectivity index (χ0) is 21.7. The van der Waals surface area contributed by atoms with Crippen molar-refractivity contribution in [2.24, 2.45) is 0 Å². The molecule has 30 heavy (non-hydrogen) atoms. The van der Waals surface area contributed by atoms with Gasteiger partial charge in [-0.3, -0.25) is 4.79 Å². The standard InChI is InChI=1S/C20H20ClN3O5S/c1-4-17(18(25)22-14-10-13(21)15(27-2)11-16(14)28-3)30-19-20(26)29-23-24(19)12-8-6-5-7-9-12/h5-11,17H,4H2,1-3H3,(H-,22,23,25,26). The summed E-state index contributed by atoms with van der Waals surface area (Å²) in [6.45, 7) is 1.85. The first-order valence-electron chi connectivity index (χ1n) is 9.02. The van der Waals surface area contributed by atoms with Gasteiger partial charge in [-0.15, -0.1) is 0 Å². The molecule has 8 nitrogen and oxygen atoms in total. The Morgan fingerprint density at radius 1 is 1.27 bits per heavy atom. The molecule has 10 heteroatoms. The molecule has 1 heterocycles. The highest BCUT2D eigenvalue weighted by Crippen LogP contribution is 2.37. The summed E-state index contributed by atoms with van der Waals surface area (Å²) in [5.41, 5.74) is 1.06. The van der Waals surface area contributed by atoms with E-state index in [1.54, 1.807) is 24.3 Å². The van der Waals surface area contributed by atoms with Gasteiger partial charge in [0.2, 0.25) is 11.6 Å². The molecule has 2 aromatic carbocycles. The number of anilines is 1. The van der Waals surface area contributed by atoms with Gasteiger partial charge in [-0.1, -0.05) is 36.7 Å². The highest BCUT2D eigenvalue weighted by molar-refractivity contribution is 8.00. The van der Waals surface area contributed by atoms with Crippen LogP contribution in [0.15, 0.2) is 52.0 Å². The van der Waals surface area contributed by atoms with Crippen molar-refractivity contribution in [2.75, 3.05) is 19.5 Å². The molecule has 0 spiro atoms. The Kier molecular flexibility index (Phi) is 7.07. The number of methoxy groups -OCH3 is 2. The van der Waals surface area contributed by atoms with E-state index >= 15 is 0 Å². The van der Waals surface area contributed by atoms with Gasteiger partial charge in [-0.05, 0) is 28.9 Å². The average molecular weight is 450 g/mol. The fraction of sp³-hybridized carbons (Fsp3) is 0.250. The van der Waals surface area contributed by atoms with Crippen LogP contribution >= 0.6 is 23.4 Å². The number of aromatic nitrogens is 2. The zero-order valence-electron chi connectivity index (χ0n) is 16.5. The van der Waals surface area contributed by atoms with E-state index in [0.29, 0.717) is 34.3 Å². The molecular weight excluding hydrogens is 430 g/mol. The summed E-state index contributed by atoms with van der Waals surface area (Å²) in [6, 6.07) is 12.2. The highest BCUT2D eigenvalue weighted by Gasteiger charge is 2.28. The van der Waals surface area contributed by atoms with E-state index in [4.69, 9.17) is 25.6 Å². The van der Waals surface area contributed by atoms with Crippen molar-refractivity contribution in [3.8, 4) is 23.1 Å². The number of hydrogen-bond donors (Lipinski definition) is 1. The first kappa shape index (κ1) is 21.8. The second-order valence-electron chi connectivity index (χ2n) is 6.10. The topological polar surface area (TPSA) is 101 Å². The summed E-state index contributed by atoms with van der Waals surface area (Å²) >= 11 is 7.26. The van der Waals surface area contributed by atoms with Crippen LogP contribution in [0.25, 0.3) is 5.69 Å². The number of thioether (sulfide) groups is 1. The molecule has 0 fully saturated rings. The Balaban J connectivity index is 1.84. The second kappa shape index (κ2) is 9.73. The van der Waals surface area contributed by atoms with Gasteiger partial charge in [0.1, 0.15) is 11.5 Å². The summed E-state index contributed by atoms with van der Waals surface area (Å²) in [7, 11) is 2.97. The van der Waals surface area contributed by atoms with Crippen molar-refractivity contribution in [1.82, 2.24) is 5.27 Å². The number of amides is 1. The number of carbonyl (C=O) groups is 1. The SMILES string of the molecule is CCC(Sc1c([O-])on[n+]1-c1ccccc1)C(=O)Nc1cc(Cl)c(OC)cc1OC. The molecular formula is C20H20ClN3O5S. The number of rotatable bonds is 8. The van der Waals surface area contributed by atoms with Gasteiger partial charge in [-0.25, -0.2) is 0 Å². The van der Waals surface area contributed by atoms with E-state index in [9.17, 15) is 9.90 Å². The van der Waals surface area contributed by atoms with Crippen molar-refractivity contribution >= 4 is 35.0 Å². The van der Waals surface area contributed by atoms with E-state index in [-0.39, 0.29) is 10.9 Å². The van der Waals surface area contributed by atoms with Crippen LogP contribution in [-0.4, -0.2) is 30.6 Å². The van der Waals surface area contributed by atoms with Crippen LogP contribution < -0.4 is 24.6 Å². The van der Waals surface area contributed by atoms with Crippen molar-refractivity contribution < 1.29 is 28.6 Å². The summed E-state index contributed by atoms with van der Waals surface area (Å²) < 4.78 is 16.7. The Morgan fingerprint density at radius 2 is 1.97 bits per heavy atom. The van der Waals surface area contributed by atoms with Crippen LogP contribution in [0.5, 0.6) is 17.4 Å². The molecule has 0 bridgehead atoms. The smallest absolute Gasteiger partial charge is 0.298 e. The molecule has 1 atom stereocenters. The normalized spacial score (nSPS) is 11.7. The molecule has 0 radical (unpaired) electrons. The van der Waals surface area contributed by atoms with E-state index in [1.807, 2.05) is 25.1 Å². The van der Waals surface area contributed by atoms with Gasteiger partial charge < -0.3 is 24.4 Å². The minimum Gasteiger partial charge on any atom is -0.538 e. The number of benzene rings is 2. The maximum atomic E-state index is 12.9. The third-order valence-electron chi connectivity index (χ3n) is 4.22. The van der Waals surface area contributed by atoms with E-state index < -0.39 is 11.2 Å².